The number of rotatable bonds is 5. The Morgan fingerprint density at radius 1 is 1.10 bits per heavy atom. The molecule has 3 rings (SSSR count). The average Bonchev–Trinajstić information content (AvgIpc) is 2.45. The highest BCUT2D eigenvalue weighted by Crippen LogP contribution is 2.38. The highest BCUT2D eigenvalue weighted by molar-refractivity contribution is 8.00. The summed E-state index contributed by atoms with van der Waals surface area (Å²) in [5, 5.41) is 0. The Balaban J connectivity index is 1.69. The van der Waals surface area contributed by atoms with Crippen molar-refractivity contribution in [1.82, 2.24) is 0 Å². The van der Waals surface area contributed by atoms with Gasteiger partial charge in [-0.1, -0.05) is 30.7 Å². The van der Waals surface area contributed by atoms with Gasteiger partial charge in [0.25, 0.3) is 0 Å². The maximum Gasteiger partial charge on any atom is 0.173 e. The number of carbonyl (C=O) groups is 1. The van der Waals surface area contributed by atoms with E-state index >= 15 is 0 Å². The quantitative estimate of drug-likeness (QED) is 0.566. The van der Waals surface area contributed by atoms with Crippen LogP contribution in [0, 0.1) is 5.82 Å². The molecule has 0 N–H and O–H groups in total. The minimum atomic E-state index is -0.249. The molecule has 0 unspecified atom stereocenters. The fourth-order valence-electron chi connectivity index (χ4n) is 2.58. The van der Waals surface area contributed by atoms with Gasteiger partial charge in [0.2, 0.25) is 0 Å². The summed E-state index contributed by atoms with van der Waals surface area (Å²) in [6.45, 7) is 0. The van der Waals surface area contributed by atoms with Gasteiger partial charge in [0, 0.05) is 10.5 Å². The van der Waals surface area contributed by atoms with Crippen LogP contribution >= 0.6 is 11.8 Å². The zero-order valence-corrected chi connectivity index (χ0v) is 12.5. The number of hydrogen-bond acceptors (Lipinski definition) is 2. The van der Waals surface area contributed by atoms with Gasteiger partial charge in [-0.05, 0) is 48.6 Å². The van der Waals surface area contributed by atoms with Crippen molar-refractivity contribution >= 4 is 17.5 Å². The van der Waals surface area contributed by atoms with E-state index in [-0.39, 0.29) is 11.6 Å². The molecule has 108 valence electrons. The van der Waals surface area contributed by atoms with Crippen molar-refractivity contribution < 1.29 is 9.18 Å². The molecule has 0 atom stereocenters. The van der Waals surface area contributed by atoms with Crippen LogP contribution in [-0.4, -0.2) is 11.5 Å². The van der Waals surface area contributed by atoms with Crippen molar-refractivity contribution in [3.63, 3.8) is 0 Å². The van der Waals surface area contributed by atoms with E-state index < -0.39 is 0 Å². The second-order valence-corrected chi connectivity index (χ2v) is 6.43. The van der Waals surface area contributed by atoms with Gasteiger partial charge in [-0.15, -0.1) is 11.8 Å². The highest BCUT2D eigenvalue weighted by atomic mass is 32.2. The first-order valence-electron chi connectivity index (χ1n) is 7.24. The molecular weight excluding hydrogens is 283 g/mol. The van der Waals surface area contributed by atoms with E-state index in [0.717, 1.165) is 10.5 Å². The monoisotopic (exact) mass is 300 g/mol. The van der Waals surface area contributed by atoms with Gasteiger partial charge in [-0.3, -0.25) is 4.79 Å². The normalized spacial score (nSPS) is 14.7. The van der Waals surface area contributed by atoms with Crippen LogP contribution in [0.15, 0.2) is 53.4 Å². The number of ketones is 1. The summed E-state index contributed by atoms with van der Waals surface area (Å²) in [4.78, 5) is 13.4. The molecule has 1 aliphatic rings. The Hall–Kier alpha value is -1.61. The van der Waals surface area contributed by atoms with Gasteiger partial charge in [0.1, 0.15) is 5.82 Å². The highest BCUT2D eigenvalue weighted by Gasteiger charge is 2.23. The lowest BCUT2D eigenvalue weighted by molar-refractivity contribution is 0.102. The largest absolute Gasteiger partial charge is 0.293 e. The molecule has 0 bridgehead atoms. The average molecular weight is 300 g/mol. The molecular formula is C18H17FOS. The Labute approximate surface area is 128 Å². The van der Waals surface area contributed by atoms with Crippen LogP contribution in [0.3, 0.4) is 0 Å². The molecule has 2 aromatic carbocycles. The van der Waals surface area contributed by atoms with Crippen LogP contribution in [0.1, 0.15) is 41.1 Å². The van der Waals surface area contributed by atoms with Gasteiger partial charge >= 0.3 is 0 Å². The Kier molecular flexibility index (Phi) is 4.39. The van der Waals surface area contributed by atoms with E-state index in [4.69, 9.17) is 0 Å². The molecule has 0 spiro atoms. The number of halogens is 1. The summed E-state index contributed by atoms with van der Waals surface area (Å²) < 4.78 is 12.9. The topological polar surface area (TPSA) is 17.1 Å². The molecule has 0 aromatic heterocycles. The van der Waals surface area contributed by atoms with Gasteiger partial charge in [-0.25, -0.2) is 4.39 Å². The maximum absolute atomic E-state index is 12.9. The Morgan fingerprint density at radius 3 is 2.48 bits per heavy atom. The van der Waals surface area contributed by atoms with Crippen LogP contribution in [0.5, 0.6) is 0 Å². The van der Waals surface area contributed by atoms with E-state index in [2.05, 4.69) is 6.07 Å². The van der Waals surface area contributed by atoms with Crippen molar-refractivity contribution in [3.8, 4) is 0 Å². The molecule has 1 fully saturated rings. The third-order valence-corrected chi connectivity index (χ3v) is 5.00. The number of Topliss-reactive ketones (excluding diaryl/α,β-unsaturated/α-hetero) is 1. The van der Waals surface area contributed by atoms with E-state index in [9.17, 15) is 9.18 Å². The minimum Gasteiger partial charge on any atom is -0.293 e. The molecule has 0 amide bonds. The lowest BCUT2D eigenvalue weighted by Gasteiger charge is -2.27. The standard InChI is InChI=1S/C18H17FOS/c19-14-8-10-15(11-9-14)21-12-18(20)17-7-2-1-6-16(17)13-4-3-5-13/h1-2,6-11,13H,3-5,12H2. The van der Waals surface area contributed by atoms with Gasteiger partial charge < -0.3 is 0 Å². The third kappa shape index (κ3) is 3.35. The first kappa shape index (κ1) is 14.3. The number of hydrogen-bond donors (Lipinski definition) is 0. The SMILES string of the molecule is O=C(CSc1ccc(F)cc1)c1ccccc1C1CCC1. The van der Waals surface area contributed by atoms with Gasteiger partial charge in [0.15, 0.2) is 5.78 Å². The summed E-state index contributed by atoms with van der Waals surface area (Å²) in [7, 11) is 0. The predicted molar refractivity (Wildman–Crippen MR) is 84.5 cm³/mol. The molecule has 0 saturated heterocycles. The van der Waals surface area contributed by atoms with Gasteiger partial charge in [0.05, 0.1) is 5.75 Å². The number of benzene rings is 2. The summed E-state index contributed by atoms with van der Waals surface area (Å²) in [5.74, 6) is 0.865. The molecule has 0 heterocycles. The fourth-order valence-corrected chi connectivity index (χ4v) is 3.37. The lowest BCUT2D eigenvalue weighted by Crippen LogP contribution is -2.14. The number of carbonyl (C=O) groups excluding carboxylic acids is 1. The smallest absolute Gasteiger partial charge is 0.173 e. The molecule has 2 aromatic rings. The van der Waals surface area contributed by atoms with Crippen LogP contribution in [0.25, 0.3) is 0 Å². The lowest BCUT2D eigenvalue weighted by atomic mass is 9.78. The Morgan fingerprint density at radius 2 is 1.81 bits per heavy atom. The van der Waals surface area contributed by atoms with Crippen molar-refractivity contribution in [2.75, 3.05) is 5.75 Å². The van der Waals surface area contributed by atoms with Gasteiger partial charge in [-0.2, -0.15) is 0 Å². The van der Waals surface area contributed by atoms with Crippen molar-refractivity contribution in [3.05, 3.63) is 65.5 Å². The molecule has 0 radical (unpaired) electrons. The molecule has 3 heteroatoms. The van der Waals surface area contributed by atoms with E-state index in [1.807, 2.05) is 18.2 Å². The van der Waals surface area contributed by atoms with Crippen LogP contribution in [0.4, 0.5) is 4.39 Å². The second-order valence-electron chi connectivity index (χ2n) is 5.38. The second kappa shape index (κ2) is 6.44. The fraction of sp³-hybridized carbons (Fsp3) is 0.278. The number of thioether (sulfide) groups is 1. The molecule has 0 aliphatic heterocycles. The predicted octanol–water partition coefficient (Wildman–Crippen LogP) is 5.07. The summed E-state index contributed by atoms with van der Waals surface area (Å²) >= 11 is 1.46. The van der Waals surface area contributed by atoms with E-state index in [1.54, 1.807) is 12.1 Å². The maximum atomic E-state index is 12.9. The zero-order chi connectivity index (χ0) is 14.7. The molecule has 1 nitrogen and oxygen atoms in total. The van der Waals surface area contributed by atoms with Crippen LogP contribution in [-0.2, 0) is 0 Å². The van der Waals surface area contributed by atoms with Crippen LogP contribution in [0.2, 0.25) is 0 Å². The van der Waals surface area contributed by atoms with E-state index in [1.165, 1.54) is 48.7 Å². The molecule has 1 saturated carbocycles. The summed E-state index contributed by atoms with van der Waals surface area (Å²) in [5.41, 5.74) is 2.06. The van der Waals surface area contributed by atoms with Crippen molar-refractivity contribution in [1.29, 1.82) is 0 Å². The minimum absolute atomic E-state index is 0.159. The van der Waals surface area contributed by atoms with Crippen LogP contribution < -0.4 is 0 Å². The van der Waals surface area contributed by atoms with Crippen molar-refractivity contribution in [2.24, 2.45) is 0 Å². The Bertz CT molecular complexity index is 632. The first-order valence-corrected chi connectivity index (χ1v) is 8.23. The third-order valence-electron chi connectivity index (χ3n) is 3.99. The summed E-state index contributed by atoms with van der Waals surface area (Å²) in [6, 6.07) is 14.2. The molecule has 21 heavy (non-hydrogen) atoms. The molecule has 1 aliphatic carbocycles. The zero-order valence-electron chi connectivity index (χ0n) is 11.7. The van der Waals surface area contributed by atoms with E-state index in [0.29, 0.717) is 11.7 Å². The first-order chi connectivity index (χ1) is 10.2. The summed E-state index contributed by atoms with van der Waals surface area (Å²) in [6.07, 6.45) is 3.64. The van der Waals surface area contributed by atoms with Crippen molar-refractivity contribution in [2.45, 2.75) is 30.1 Å².